The molecule has 0 fully saturated rings. The number of aliphatic hydroxyl groups is 1. The average Bonchev–Trinajstić information content (AvgIpc) is 2.27. The molecule has 0 bridgehead atoms. The van der Waals surface area contributed by atoms with E-state index < -0.39 is 0 Å². The highest BCUT2D eigenvalue weighted by molar-refractivity contribution is 5.32. The summed E-state index contributed by atoms with van der Waals surface area (Å²) in [5.74, 6) is 0.346. The molecule has 1 unspecified atom stereocenters. The lowest BCUT2D eigenvalue weighted by Crippen LogP contribution is -2.23. The summed E-state index contributed by atoms with van der Waals surface area (Å²) < 4.78 is 0. The number of hydrogen-bond donors (Lipinski definition) is 1. The minimum atomic E-state index is 0.114. The van der Waals surface area contributed by atoms with Crippen LogP contribution in [0, 0.1) is 5.92 Å². The first kappa shape index (κ1) is 15.2. The highest BCUT2D eigenvalue weighted by Crippen LogP contribution is 2.33. The third-order valence-corrected chi connectivity index (χ3v) is 3.68. The molecular weight excluding hydrogens is 220 g/mol. The molecule has 1 atom stereocenters. The molecule has 0 aromatic heterocycles. The quantitative estimate of drug-likeness (QED) is 0.843. The molecular formula is C17H28O. The molecule has 1 aromatic rings. The topological polar surface area (TPSA) is 20.2 Å². The van der Waals surface area contributed by atoms with Crippen LogP contribution in [-0.4, -0.2) is 11.7 Å². The molecule has 1 aromatic carbocycles. The lowest BCUT2D eigenvalue weighted by molar-refractivity contribution is 0.209. The maximum Gasteiger partial charge on any atom is 0.0456 e. The first-order valence-electron chi connectivity index (χ1n) is 6.88. The van der Waals surface area contributed by atoms with Gasteiger partial charge in [-0.05, 0) is 34.3 Å². The van der Waals surface area contributed by atoms with Crippen LogP contribution in [-0.2, 0) is 10.8 Å². The van der Waals surface area contributed by atoms with E-state index in [-0.39, 0.29) is 17.4 Å². The molecule has 1 N–H and O–H groups in total. The summed E-state index contributed by atoms with van der Waals surface area (Å²) in [6, 6.07) is 8.89. The van der Waals surface area contributed by atoms with Crippen molar-refractivity contribution in [2.24, 2.45) is 5.92 Å². The minimum absolute atomic E-state index is 0.114. The summed E-state index contributed by atoms with van der Waals surface area (Å²) in [5, 5.41) is 9.23. The van der Waals surface area contributed by atoms with Gasteiger partial charge in [-0.3, -0.25) is 0 Å². The van der Waals surface area contributed by atoms with E-state index in [1.165, 1.54) is 11.1 Å². The SMILES string of the molecule is CC(CO)CC(C)(C)c1cccc(C(C)(C)C)c1. The molecule has 1 heteroatoms. The monoisotopic (exact) mass is 248 g/mol. The van der Waals surface area contributed by atoms with Gasteiger partial charge in [0.2, 0.25) is 0 Å². The lowest BCUT2D eigenvalue weighted by Gasteiger charge is -2.30. The van der Waals surface area contributed by atoms with Crippen molar-refractivity contribution < 1.29 is 5.11 Å². The normalized spacial score (nSPS) is 14.6. The second kappa shape index (κ2) is 5.44. The Bertz CT molecular complexity index is 385. The zero-order valence-corrected chi connectivity index (χ0v) is 12.7. The van der Waals surface area contributed by atoms with Gasteiger partial charge in [-0.1, -0.05) is 65.8 Å². The molecule has 0 saturated heterocycles. The Morgan fingerprint density at radius 3 is 2.11 bits per heavy atom. The molecule has 18 heavy (non-hydrogen) atoms. The minimum Gasteiger partial charge on any atom is -0.396 e. The van der Waals surface area contributed by atoms with E-state index in [4.69, 9.17) is 0 Å². The third kappa shape index (κ3) is 3.84. The molecule has 0 radical (unpaired) electrons. The van der Waals surface area contributed by atoms with Crippen LogP contribution < -0.4 is 0 Å². The van der Waals surface area contributed by atoms with Gasteiger partial charge in [-0.2, -0.15) is 0 Å². The summed E-state index contributed by atoms with van der Waals surface area (Å²) >= 11 is 0. The zero-order chi connectivity index (χ0) is 14.0. The molecule has 0 amide bonds. The van der Waals surface area contributed by atoms with Crippen LogP contribution in [0.5, 0.6) is 0 Å². The smallest absolute Gasteiger partial charge is 0.0456 e. The van der Waals surface area contributed by atoms with Gasteiger partial charge in [-0.15, -0.1) is 0 Å². The number of rotatable bonds is 4. The van der Waals surface area contributed by atoms with E-state index in [2.05, 4.69) is 65.8 Å². The molecule has 0 aliphatic rings. The predicted molar refractivity (Wildman–Crippen MR) is 79.0 cm³/mol. The summed E-state index contributed by atoms with van der Waals surface area (Å²) in [6.07, 6.45) is 1.01. The molecule has 1 rings (SSSR count). The molecule has 0 saturated carbocycles. The van der Waals surface area contributed by atoms with Gasteiger partial charge < -0.3 is 5.11 Å². The van der Waals surface area contributed by atoms with Gasteiger partial charge >= 0.3 is 0 Å². The van der Waals surface area contributed by atoms with E-state index in [1.54, 1.807) is 0 Å². The van der Waals surface area contributed by atoms with Crippen molar-refractivity contribution >= 4 is 0 Å². The van der Waals surface area contributed by atoms with Crippen molar-refractivity contribution in [3.05, 3.63) is 35.4 Å². The van der Waals surface area contributed by atoms with Crippen molar-refractivity contribution in [2.75, 3.05) is 6.61 Å². The van der Waals surface area contributed by atoms with E-state index in [0.29, 0.717) is 5.92 Å². The zero-order valence-electron chi connectivity index (χ0n) is 12.7. The maximum atomic E-state index is 9.23. The first-order chi connectivity index (χ1) is 8.16. The van der Waals surface area contributed by atoms with Gasteiger partial charge in [0.1, 0.15) is 0 Å². The Hall–Kier alpha value is -0.820. The molecule has 0 heterocycles. The van der Waals surface area contributed by atoms with Gasteiger partial charge in [0.15, 0.2) is 0 Å². The second-order valence-corrected chi connectivity index (χ2v) is 7.21. The summed E-state index contributed by atoms with van der Waals surface area (Å²) in [4.78, 5) is 0. The highest BCUT2D eigenvalue weighted by atomic mass is 16.3. The third-order valence-electron chi connectivity index (χ3n) is 3.68. The Kier molecular flexibility index (Phi) is 4.61. The summed E-state index contributed by atoms with van der Waals surface area (Å²) in [6.45, 7) is 13.6. The molecule has 1 nitrogen and oxygen atoms in total. The summed E-state index contributed by atoms with van der Waals surface area (Å²) in [7, 11) is 0. The van der Waals surface area contributed by atoms with Crippen LogP contribution in [0.15, 0.2) is 24.3 Å². The Labute approximate surface area is 112 Å². The fourth-order valence-corrected chi connectivity index (χ4v) is 2.46. The standard InChI is InChI=1S/C17H28O/c1-13(12-18)11-17(5,6)15-9-7-8-14(10-15)16(2,3)4/h7-10,13,18H,11-12H2,1-6H3. The fraction of sp³-hybridized carbons (Fsp3) is 0.647. The molecule has 0 aliphatic heterocycles. The van der Waals surface area contributed by atoms with Crippen LogP contribution >= 0.6 is 0 Å². The van der Waals surface area contributed by atoms with Crippen molar-refractivity contribution in [3.8, 4) is 0 Å². The first-order valence-corrected chi connectivity index (χ1v) is 6.88. The molecule has 102 valence electrons. The van der Waals surface area contributed by atoms with Crippen molar-refractivity contribution in [3.63, 3.8) is 0 Å². The Morgan fingerprint density at radius 1 is 1.06 bits per heavy atom. The fourth-order valence-electron chi connectivity index (χ4n) is 2.46. The Morgan fingerprint density at radius 2 is 1.61 bits per heavy atom. The van der Waals surface area contributed by atoms with Gasteiger partial charge in [0, 0.05) is 6.61 Å². The van der Waals surface area contributed by atoms with Crippen LogP contribution in [0.1, 0.15) is 59.1 Å². The number of hydrogen-bond acceptors (Lipinski definition) is 1. The van der Waals surface area contributed by atoms with Crippen LogP contribution in [0.25, 0.3) is 0 Å². The van der Waals surface area contributed by atoms with Gasteiger partial charge in [0.25, 0.3) is 0 Å². The van der Waals surface area contributed by atoms with E-state index >= 15 is 0 Å². The highest BCUT2D eigenvalue weighted by Gasteiger charge is 2.24. The molecule has 0 aliphatic carbocycles. The predicted octanol–water partition coefficient (Wildman–Crippen LogP) is 4.28. The van der Waals surface area contributed by atoms with E-state index in [9.17, 15) is 5.11 Å². The van der Waals surface area contributed by atoms with Crippen molar-refractivity contribution in [1.82, 2.24) is 0 Å². The van der Waals surface area contributed by atoms with E-state index in [0.717, 1.165) is 6.42 Å². The molecule has 0 spiro atoms. The van der Waals surface area contributed by atoms with E-state index in [1.807, 2.05) is 0 Å². The lowest BCUT2D eigenvalue weighted by atomic mass is 9.75. The van der Waals surface area contributed by atoms with Crippen molar-refractivity contribution in [2.45, 2.75) is 58.8 Å². The van der Waals surface area contributed by atoms with Crippen LogP contribution in [0.3, 0.4) is 0 Å². The van der Waals surface area contributed by atoms with Crippen LogP contribution in [0.2, 0.25) is 0 Å². The number of benzene rings is 1. The maximum absolute atomic E-state index is 9.23. The largest absolute Gasteiger partial charge is 0.396 e. The van der Waals surface area contributed by atoms with Gasteiger partial charge in [-0.25, -0.2) is 0 Å². The second-order valence-electron chi connectivity index (χ2n) is 7.21. The average molecular weight is 248 g/mol. The van der Waals surface area contributed by atoms with Gasteiger partial charge in [0.05, 0.1) is 0 Å². The number of aliphatic hydroxyl groups excluding tert-OH is 1. The summed E-state index contributed by atoms with van der Waals surface area (Å²) in [5.41, 5.74) is 3.05. The Balaban J connectivity index is 3.02. The van der Waals surface area contributed by atoms with Crippen molar-refractivity contribution in [1.29, 1.82) is 0 Å². The van der Waals surface area contributed by atoms with Crippen LogP contribution in [0.4, 0.5) is 0 Å².